The highest BCUT2D eigenvalue weighted by atomic mass is 16.6. The molecule has 2 aromatic heterocycles. The Bertz CT molecular complexity index is 1120. The minimum Gasteiger partial charge on any atom is -0.449 e. The van der Waals surface area contributed by atoms with Gasteiger partial charge >= 0.3 is 5.97 Å². The van der Waals surface area contributed by atoms with E-state index < -0.39 is 23.1 Å². The summed E-state index contributed by atoms with van der Waals surface area (Å²) >= 11 is 0. The number of hydrogen-bond donors (Lipinski definition) is 2. The lowest BCUT2D eigenvalue weighted by molar-refractivity contribution is -0.144. The van der Waals surface area contributed by atoms with Crippen molar-refractivity contribution in [3.63, 3.8) is 0 Å². The number of aromatic nitrogens is 3. The van der Waals surface area contributed by atoms with Crippen LogP contribution in [0.2, 0.25) is 0 Å². The zero-order valence-electron chi connectivity index (χ0n) is 16.1. The summed E-state index contributed by atoms with van der Waals surface area (Å²) in [4.78, 5) is 29.3. The van der Waals surface area contributed by atoms with Gasteiger partial charge in [-0.05, 0) is 49.9 Å². The van der Waals surface area contributed by atoms with Gasteiger partial charge in [0.1, 0.15) is 5.60 Å². The fourth-order valence-electron chi connectivity index (χ4n) is 4.20. The monoisotopic (exact) mass is 404 g/mol. The van der Waals surface area contributed by atoms with Gasteiger partial charge in [-0.1, -0.05) is 18.2 Å². The molecule has 0 radical (unpaired) electrons. The predicted molar refractivity (Wildman–Crippen MR) is 107 cm³/mol. The highest BCUT2D eigenvalue weighted by Crippen LogP contribution is 2.48. The third-order valence-electron chi connectivity index (χ3n) is 5.92. The van der Waals surface area contributed by atoms with E-state index in [9.17, 15) is 14.7 Å². The van der Waals surface area contributed by atoms with Gasteiger partial charge in [-0.15, -0.1) is 0 Å². The van der Waals surface area contributed by atoms with Gasteiger partial charge in [-0.2, -0.15) is 5.10 Å². The number of nitrogens with zero attached hydrogens (tertiary/aromatic N) is 3. The van der Waals surface area contributed by atoms with E-state index in [-0.39, 0.29) is 12.8 Å². The van der Waals surface area contributed by atoms with Crippen LogP contribution >= 0.6 is 0 Å². The smallest absolute Gasteiger partial charge is 0.341 e. The van der Waals surface area contributed by atoms with Crippen LogP contribution in [0.4, 0.5) is 5.69 Å². The van der Waals surface area contributed by atoms with Crippen LogP contribution in [0.1, 0.15) is 41.7 Å². The average Bonchev–Trinajstić information content (AvgIpc) is 3.35. The third kappa shape index (κ3) is 2.96. The number of amides is 1. The lowest BCUT2D eigenvalue weighted by Gasteiger charge is -2.39. The molecule has 0 saturated heterocycles. The Hall–Kier alpha value is -3.52. The van der Waals surface area contributed by atoms with Crippen molar-refractivity contribution in [2.75, 3.05) is 5.32 Å². The molecule has 5 rings (SSSR count). The van der Waals surface area contributed by atoms with Crippen LogP contribution in [0, 0.1) is 0 Å². The summed E-state index contributed by atoms with van der Waals surface area (Å²) in [6, 6.07) is 12.9. The van der Waals surface area contributed by atoms with Crippen LogP contribution in [0.5, 0.6) is 0 Å². The van der Waals surface area contributed by atoms with Gasteiger partial charge in [0.05, 0.1) is 35.0 Å². The number of hydrogen-bond acceptors (Lipinski definition) is 6. The summed E-state index contributed by atoms with van der Waals surface area (Å²) in [7, 11) is 0. The molecule has 2 N–H and O–H groups in total. The molecule has 1 amide bonds. The van der Waals surface area contributed by atoms with Gasteiger partial charge in [-0.25, -0.2) is 9.48 Å². The number of pyridine rings is 1. The maximum Gasteiger partial charge on any atom is 0.341 e. The largest absolute Gasteiger partial charge is 0.449 e. The second-order valence-corrected chi connectivity index (χ2v) is 7.78. The van der Waals surface area contributed by atoms with E-state index in [0.29, 0.717) is 29.8 Å². The van der Waals surface area contributed by atoms with Crippen LogP contribution < -0.4 is 5.32 Å². The van der Waals surface area contributed by atoms with Crippen molar-refractivity contribution >= 4 is 17.6 Å². The molecular weight excluding hydrogens is 384 g/mol. The second-order valence-electron chi connectivity index (χ2n) is 7.78. The Balaban J connectivity index is 1.29. The number of carbonyl (C=O) groups excluding carboxylic acids is 2. The molecule has 1 saturated carbocycles. The molecule has 152 valence electrons. The topological polar surface area (TPSA) is 106 Å². The van der Waals surface area contributed by atoms with Gasteiger partial charge in [0.15, 0.2) is 5.60 Å². The first-order chi connectivity index (χ1) is 14.5. The third-order valence-corrected chi connectivity index (χ3v) is 5.92. The van der Waals surface area contributed by atoms with Gasteiger partial charge in [0, 0.05) is 6.20 Å². The molecule has 1 fully saturated rings. The first-order valence-corrected chi connectivity index (χ1v) is 9.82. The maximum atomic E-state index is 12.8. The molecular formula is C22H20N4O4. The summed E-state index contributed by atoms with van der Waals surface area (Å²) in [6.07, 6.45) is 5.84. The predicted octanol–water partition coefficient (Wildman–Crippen LogP) is 2.58. The number of carbonyl (C=O) groups is 2. The van der Waals surface area contributed by atoms with E-state index in [1.54, 1.807) is 29.2 Å². The molecule has 3 aromatic rings. The molecule has 1 spiro atoms. The fraction of sp³-hybridized carbons (Fsp3) is 0.273. The molecule has 0 atom stereocenters. The van der Waals surface area contributed by atoms with Crippen molar-refractivity contribution in [1.29, 1.82) is 0 Å². The molecule has 8 nitrogen and oxygen atoms in total. The van der Waals surface area contributed by atoms with Gasteiger partial charge in [0.2, 0.25) is 0 Å². The number of esters is 1. The van der Waals surface area contributed by atoms with Crippen molar-refractivity contribution in [1.82, 2.24) is 14.8 Å². The van der Waals surface area contributed by atoms with Gasteiger partial charge in [-0.3, -0.25) is 9.78 Å². The van der Waals surface area contributed by atoms with Crippen LogP contribution in [0.15, 0.2) is 61.1 Å². The lowest BCUT2D eigenvalue weighted by atomic mass is 9.74. The zero-order chi connectivity index (χ0) is 20.8. The molecule has 0 unspecified atom stereocenters. The SMILES string of the molecule is O=C1O[C@]2(CC[C@](O)(C(=O)Nc3cnn(-c4ccccc4)c3)CC2)c2ncccc21. The Morgan fingerprint density at radius 3 is 2.63 bits per heavy atom. The number of benzene rings is 1. The van der Waals surface area contributed by atoms with Crippen molar-refractivity contribution in [3.05, 3.63) is 72.3 Å². The number of aliphatic hydroxyl groups is 1. The Morgan fingerprint density at radius 2 is 1.87 bits per heavy atom. The number of ether oxygens (including phenoxy) is 1. The van der Waals surface area contributed by atoms with E-state index >= 15 is 0 Å². The summed E-state index contributed by atoms with van der Waals surface area (Å²) in [5.41, 5.74) is 0.00677. The Morgan fingerprint density at radius 1 is 1.10 bits per heavy atom. The molecule has 1 aliphatic heterocycles. The normalized spacial score (nSPS) is 25.0. The molecule has 30 heavy (non-hydrogen) atoms. The van der Waals surface area contributed by atoms with Crippen molar-refractivity contribution in [2.24, 2.45) is 0 Å². The van der Waals surface area contributed by atoms with Crippen LogP contribution in [-0.4, -0.2) is 37.3 Å². The number of nitrogens with one attached hydrogen (secondary N) is 1. The molecule has 3 heterocycles. The van der Waals surface area contributed by atoms with Crippen molar-refractivity contribution in [3.8, 4) is 5.69 Å². The fourth-order valence-corrected chi connectivity index (χ4v) is 4.20. The summed E-state index contributed by atoms with van der Waals surface area (Å²) in [5, 5.41) is 18.0. The van der Waals surface area contributed by atoms with E-state index in [1.165, 1.54) is 6.20 Å². The number of anilines is 1. The average molecular weight is 404 g/mol. The highest BCUT2D eigenvalue weighted by molar-refractivity contribution is 5.97. The maximum absolute atomic E-state index is 12.8. The molecule has 8 heteroatoms. The standard InChI is InChI=1S/C22H20N4O4/c27-19-17-7-4-12-23-18(17)22(30-19)10-8-21(29,9-11-22)20(28)25-15-13-24-26(14-15)16-5-2-1-3-6-16/h1-7,12-14,29H,8-11H2,(H,25,28)/t21-,22+. The summed E-state index contributed by atoms with van der Waals surface area (Å²) in [6.45, 7) is 0. The quantitative estimate of drug-likeness (QED) is 0.650. The van der Waals surface area contributed by atoms with Crippen LogP contribution in [0.25, 0.3) is 5.69 Å². The van der Waals surface area contributed by atoms with E-state index in [0.717, 1.165) is 5.69 Å². The first-order valence-electron chi connectivity index (χ1n) is 9.82. The van der Waals surface area contributed by atoms with Crippen LogP contribution in [0.3, 0.4) is 0 Å². The number of rotatable bonds is 3. The van der Waals surface area contributed by atoms with E-state index in [4.69, 9.17) is 4.74 Å². The number of para-hydroxylation sites is 1. The summed E-state index contributed by atoms with van der Waals surface area (Å²) in [5.74, 6) is -0.892. The molecule has 2 aliphatic rings. The lowest BCUT2D eigenvalue weighted by Crippen LogP contribution is -2.49. The Kier molecular flexibility index (Phi) is 4.18. The van der Waals surface area contributed by atoms with Gasteiger partial charge < -0.3 is 15.2 Å². The minimum atomic E-state index is -1.55. The minimum absolute atomic E-state index is 0.162. The number of fused-ring (bicyclic) bond motifs is 2. The molecule has 1 aromatic carbocycles. The first kappa shape index (κ1) is 18.5. The highest BCUT2D eigenvalue weighted by Gasteiger charge is 2.53. The second kappa shape index (κ2) is 6.77. The molecule has 1 aliphatic carbocycles. The van der Waals surface area contributed by atoms with E-state index in [2.05, 4.69) is 15.4 Å². The van der Waals surface area contributed by atoms with E-state index in [1.807, 2.05) is 30.3 Å². The Labute approximate surface area is 172 Å². The van der Waals surface area contributed by atoms with Crippen LogP contribution in [-0.2, 0) is 15.1 Å². The zero-order valence-corrected chi connectivity index (χ0v) is 16.1. The van der Waals surface area contributed by atoms with Crippen molar-refractivity contribution in [2.45, 2.75) is 36.9 Å². The molecule has 0 bridgehead atoms. The van der Waals surface area contributed by atoms with Gasteiger partial charge in [0.25, 0.3) is 5.91 Å². The van der Waals surface area contributed by atoms with Crippen molar-refractivity contribution < 1.29 is 19.4 Å². The summed E-state index contributed by atoms with van der Waals surface area (Å²) < 4.78 is 7.30.